The number of sulfonamides is 1. The van der Waals surface area contributed by atoms with Crippen LogP contribution in [0.4, 0.5) is 32.6 Å². The fourth-order valence-corrected chi connectivity index (χ4v) is 9.26. The topological polar surface area (TPSA) is 233 Å². The van der Waals surface area contributed by atoms with Crippen LogP contribution in [0, 0.1) is 0 Å². The van der Waals surface area contributed by atoms with Gasteiger partial charge in [0.05, 0.1) is 12.2 Å². The quantitative estimate of drug-likeness (QED) is 0.0930. The minimum Gasteiger partial charge on any atom is -0.446 e. The number of alkyl carbamates (subject to hydrolysis) is 2. The summed E-state index contributed by atoms with van der Waals surface area (Å²) in [6, 6.07) is 15.7. The summed E-state index contributed by atoms with van der Waals surface area (Å²) in [7, 11) is -3.31. The summed E-state index contributed by atoms with van der Waals surface area (Å²) in [5, 5.41) is 30.0. The summed E-state index contributed by atoms with van der Waals surface area (Å²) in [5.74, 6) is 1.90. The number of H-pyrrole nitrogens is 2. The van der Waals surface area contributed by atoms with Crippen molar-refractivity contribution in [1.82, 2.24) is 41.1 Å². The van der Waals surface area contributed by atoms with Gasteiger partial charge in [-0.25, -0.2) is 22.7 Å². The molecule has 4 atom stereocenters. The Morgan fingerprint density at radius 3 is 1.80 bits per heavy atom. The Kier molecular flexibility index (Phi) is 12.7. The number of amides is 3. The lowest BCUT2D eigenvalue weighted by Gasteiger charge is -2.20. The Morgan fingerprint density at radius 1 is 0.729 bits per heavy atom. The molecule has 316 valence electrons. The van der Waals surface area contributed by atoms with Gasteiger partial charge < -0.3 is 36.1 Å². The van der Waals surface area contributed by atoms with E-state index in [0.29, 0.717) is 31.2 Å². The van der Waals surface area contributed by atoms with Crippen LogP contribution in [0.3, 0.4) is 0 Å². The first-order chi connectivity index (χ1) is 28.3. The molecule has 4 aromatic rings. The maximum absolute atomic E-state index is 12.0. The normalized spacial score (nSPS) is 21.7. The first kappa shape index (κ1) is 41.5. The van der Waals surface area contributed by atoms with E-state index in [1.165, 1.54) is 0 Å². The highest BCUT2D eigenvalue weighted by molar-refractivity contribution is 7.88. The average molecular weight is 831 g/mol. The van der Waals surface area contributed by atoms with E-state index < -0.39 is 10.0 Å². The summed E-state index contributed by atoms with van der Waals surface area (Å²) in [4.78, 5) is 35.2. The summed E-state index contributed by atoms with van der Waals surface area (Å²) < 4.78 is 37.5. The van der Waals surface area contributed by atoms with Crippen LogP contribution >= 0.6 is 0 Å². The molecule has 4 heterocycles. The van der Waals surface area contributed by atoms with Crippen LogP contribution in [0.25, 0.3) is 0 Å². The molecule has 17 nitrogen and oxygen atoms in total. The molecule has 2 aliphatic carbocycles. The van der Waals surface area contributed by atoms with Gasteiger partial charge in [0.15, 0.2) is 11.6 Å². The monoisotopic (exact) mass is 830 g/mol. The van der Waals surface area contributed by atoms with E-state index in [-0.39, 0.29) is 54.1 Å². The van der Waals surface area contributed by atoms with Crippen molar-refractivity contribution in [3.8, 4) is 0 Å². The van der Waals surface area contributed by atoms with Crippen LogP contribution in [0.1, 0.15) is 112 Å². The van der Waals surface area contributed by atoms with Gasteiger partial charge in [-0.15, -0.1) is 0 Å². The van der Waals surface area contributed by atoms with E-state index in [9.17, 15) is 22.8 Å². The van der Waals surface area contributed by atoms with E-state index in [4.69, 9.17) is 9.47 Å². The molecule has 3 amide bonds. The highest BCUT2D eigenvalue weighted by Gasteiger charge is 2.32. The van der Waals surface area contributed by atoms with Crippen molar-refractivity contribution in [2.45, 2.75) is 128 Å². The Hall–Kier alpha value is -5.62. The number of nitrogens with zero attached hydrogens (tertiary/aromatic N) is 2. The number of carbonyl (C=O) groups is 3. The fraction of sp³-hybridized carbons (Fsp3) is 0.488. The van der Waals surface area contributed by atoms with Gasteiger partial charge in [-0.2, -0.15) is 10.2 Å². The predicted molar refractivity (Wildman–Crippen MR) is 222 cm³/mol. The van der Waals surface area contributed by atoms with E-state index >= 15 is 0 Å². The summed E-state index contributed by atoms with van der Waals surface area (Å²) >= 11 is 0. The second-order valence-electron chi connectivity index (χ2n) is 16.3. The first-order valence-corrected chi connectivity index (χ1v) is 22.0. The number of aromatic amines is 2. The van der Waals surface area contributed by atoms with E-state index in [2.05, 4.69) is 51.7 Å². The van der Waals surface area contributed by atoms with Gasteiger partial charge in [0.2, 0.25) is 15.9 Å². The van der Waals surface area contributed by atoms with Gasteiger partial charge >= 0.3 is 12.2 Å². The zero-order chi connectivity index (χ0) is 41.7. The molecule has 59 heavy (non-hydrogen) atoms. The molecule has 8 rings (SSSR count). The molecule has 2 aromatic heterocycles. The molecule has 2 aromatic carbocycles. The van der Waals surface area contributed by atoms with Crippen LogP contribution in [0.2, 0.25) is 0 Å². The molecule has 1 unspecified atom stereocenters. The third kappa shape index (κ3) is 10.9. The van der Waals surface area contributed by atoms with Gasteiger partial charge in [-0.1, -0.05) is 24.3 Å². The Balaban J connectivity index is 0.000000179. The number of carbonyl (C=O) groups excluding carboxylic acids is 3. The van der Waals surface area contributed by atoms with Gasteiger partial charge in [0.25, 0.3) is 0 Å². The maximum Gasteiger partial charge on any atom is 0.407 e. The van der Waals surface area contributed by atoms with Gasteiger partial charge in [-0.05, 0) is 101 Å². The number of hydrogen-bond donors (Lipinski definition) is 8. The predicted octanol–water partition coefficient (Wildman–Crippen LogP) is 5.95. The molecule has 2 fully saturated rings. The smallest absolute Gasteiger partial charge is 0.407 e. The van der Waals surface area contributed by atoms with Crippen molar-refractivity contribution < 1.29 is 32.3 Å². The lowest BCUT2D eigenvalue weighted by Crippen LogP contribution is -2.33. The van der Waals surface area contributed by atoms with Crippen LogP contribution < -0.4 is 31.3 Å². The zero-order valence-electron chi connectivity index (χ0n) is 33.8. The van der Waals surface area contributed by atoms with E-state index in [1.807, 2.05) is 76.2 Å². The zero-order valence-corrected chi connectivity index (χ0v) is 34.6. The van der Waals surface area contributed by atoms with Crippen molar-refractivity contribution in [1.29, 1.82) is 0 Å². The van der Waals surface area contributed by atoms with Crippen LogP contribution in [-0.4, -0.2) is 71.2 Å². The largest absolute Gasteiger partial charge is 0.446 e. The second-order valence-corrected chi connectivity index (χ2v) is 18.1. The third-order valence-corrected chi connectivity index (χ3v) is 12.2. The standard InChI is InChI=1S/C21H27N5O3.C20H27N5O4S/c1-12(2)23-21(28)29-15-7-6-14(8-15)18-10-19(26-25-18)24-17-5-3-4-13-9-20(27)22-11-16(13)17;1-12(2)22-20(26)29-15-7-6-13(8-15)18-9-19(25-24-18)23-17-5-3-4-14-10-21-30(27,28)11-16(14)17/h3-5,10,12,14-15H,6-9,11H2,1-2H3,(H,22,27)(H,23,28)(H2,24,25,26);3-5,9,12-13,15,21H,6-8,10-11H2,1-2H3,(H,22,26)(H2,23,24,25)/t14-,15+;13-,15?/m00/s1. The van der Waals surface area contributed by atoms with Crippen molar-refractivity contribution >= 4 is 51.1 Å². The van der Waals surface area contributed by atoms with E-state index in [0.717, 1.165) is 89.4 Å². The number of benzene rings is 2. The van der Waals surface area contributed by atoms with Crippen LogP contribution in [0.5, 0.6) is 0 Å². The summed E-state index contributed by atoms with van der Waals surface area (Å²) in [5.41, 5.74) is 7.60. The van der Waals surface area contributed by atoms with Crippen molar-refractivity contribution in [2.75, 3.05) is 10.6 Å². The highest BCUT2D eigenvalue weighted by Crippen LogP contribution is 2.38. The molecule has 0 saturated heterocycles. The summed E-state index contributed by atoms with van der Waals surface area (Å²) in [6.07, 6.45) is 4.58. The number of anilines is 4. The molecular weight excluding hydrogens is 777 g/mol. The number of fused-ring (bicyclic) bond motifs is 2. The maximum atomic E-state index is 12.0. The fourth-order valence-electron chi connectivity index (χ4n) is 8.06. The minimum absolute atomic E-state index is 0.0467. The van der Waals surface area contributed by atoms with E-state index in [1.54, 1.807) is 0 Å². The Morgan fingerprint density at radius 2 is 1.25 bits per heavy atom. The number of hydrogen-bond acceptors (Lipinski definition) is 11. The minimum atomic E-state index is -3.31. The lowest BCUT2D eigenvalue weighted by atomic mass is 9.99. The van der Waals surface area contributed by atoms with Crippen molar-refractivity contribution in [2.24, 2.45) is 0 Å². The Labute approximate surface area is 344 Å². The van der Waals surface area contributed by atoms with Gasteiger partial charge in [-0.3, -0.25) is 15.0 Å². The lowest BCUT2D eigenvalue weighted by molar-refractivity contribution is -0.121. The number of nitrogens with one attached hydrogen (secondary N) is 8. The molecule has 8 N–H and O–H groups in total. The highest BCUT2D eigenvalue weighted by atomic mass is 32.2. The molecule has 0 radical (unpaired) electrons. The molecule has 18 heteroatoms. The molecule has 4 aliphatic rings. The van der Waals surface area contributed by atoms with Crippen LogP contribution in [-0.2, 0) is 49.6 Å². The van der Waals surface area contributed by atoms with Crippen molar-refractivity contribution in [3.05, 3.63) is 82.2 Å². The molecular formula is C41H54N10O7S. The summed E-state index contributed by atoms with van der Waals surface area (Å²) in [6.45, 7) is 8.44. The molecule has 2 aliphatic heterocycles. The molecule has 2 saturated carbocycles. The SMILES string of the molecule is CC(C)NC(=O)OC1CC[C@H](c2cc(Nc3cccc4c3CS(=O)(=O)NC4)n[nH]2)C1.CC(C)NC(=O)O[C@@H]1CC[C@H](c2cc(Nc3cccc4c3CNC(=O)C4)n[nH]2)C1. The third-order valence-electron chi connectivity index (χ3n) is 10.9. The average Bonchev–Trinajstić information content (AvgIpc) is 4.00. The molecule has 0 bridgehead atoms. The Bertz CT molecular complexity index is 2250. The van der Waals surface area contributed by atoms with Gasteiger partial charge in [0, 0.05) is 71.9 Å². The van der Waals surface area contributed by atoms with Crippen molar-refractivity contribution in [3.63, 3.8) is 0 Å². The second kappa shape index (κ2) is 18.1. The number of ether oxygens (including phenoxy) is 2. The van der Waals surface area contributed by atoms with Gasteiger partial charge in [0.1, 0.15) is 12.2 Å². The van der Waals surface area contributed by atoms with Crippen LogP contribution in [0.15, 0.2) is 48.5 Å². The number of rotatable bonds is 10. The molecule has 0 spiro atoms. The number of aromatic nitrogens is 4. The first-order valence-electron chi connectivity index (χ1n) is 20.3.